The van der Waals surface area contributed by atoms with Crippen LogP contribution in [0.5, 0.6) is 11.5 Å². The molecule has 0 unspecified atom stereocenters. The van der Waals surface area contributed by atoms with Gasteiger partial charge < -0.3 is 14.2 Å². The SMILES string of the molecule is CCOC(=O)C1=C(C)N=c2s/c(=C\c3ccc(OCc4ccc(Br)cc4)c(Br)c3)c(=O)n2[C@@H]1c1ccc(OC(C)C)cc1. The van der Waals surface area contributed by atoms with Gasteiger partial charge in [-0.05, 0) is 103 Å². The molecule has 10 heteroatoms. The third-order valence-corrected chi connectivity index (χ3v) is 8.78. The first-order valence-electron chi connectivity index (χ1n) is 13.8. The van der Waals surface area contributed by atoms with Crippen LogP contribution in [-0.4, -0.2) is 23.2 Å². The van der Waals surface area contributed by atoms with Gasteiger partial charge in [0.1, 0.15) is 18.1 Å². The van der Waals surface area contributed by atoms with E-state index < -0.39 is 12.0 Å². The summed E-state index contributed by atoms with van der Waals surface area (Å²) in [6.07, 6.45) is 1.85. The highest BCUT2D eigenvalue weighted by Crippen LogP contribution is 2.32. The Balaban J connectivity index is 1.51. The molecule has 0 bridgehead atoms. The second-order valence-electron chi connectivity index (χ2n) is 10.1. The molecule has 0 radical (unpaired) electrons. The molecule has 3 aromatic carbocycles. The van der Waals surface area contributed by atoms with Crippen LogP contribution in [0.4, 0.5) is 0 Å². The van der Waals surface area contributed by atoms with E-state index in [-0.39, 0.29) is 18.3 Å². The molecule has 222 valence electrons. The number of carbonyl (C=O) groups excluding carboxylic acids is 1. The highest BCUT2D eigenvalue weighted by atomic mass is 79.9. The fourth-order valence-electron chi connectivity index (χ4n) is 4.72. The number of fused-ring (bicyclic) bond motifs is 1. The molecule has 1 atom stereocenters. The molecular formula is C33H30Br2N2O5S. The van der Waals surface area contributed by atoms with E-state index in [9.17, 15) is 9.59 Å². The van der Waals surface area contributed by atoms with E-state index in [0.717, 1.165) is 25.6 Å². The highest BCUT2D eigenvalue weighted by molar-refractivity contribution is 9.10. The summed E-state index contributed by atoms with van der Waals surface area (Å²) in [7, 11) is 0. The van der Waals surface area contributed by atoms with Gasteiger partial charge in [-0.3, -0.25) is 9.36 Å². The molecule has 1 aromatic heterocycles. The minimum absolute atomic E-state index is 0.0212. The number of benzene rings is 3. The molecule has 1 aliphatic heterocycles. The summed E-state index contributed by atoms with van der Waals surface area (Å²) in [5.74, 6) is 0.911. The topological polar surface area (TPSA) is 79.1 Å². The molecule has 0 amide bonds. The monoisotopic (exact) mass is 724 g/mol. The van der Waals surface area contributed by atoms with Crippen molar-refractivity contribution in [1.29, 1.82) is 0 Å². The summed E-state index contributed by atoms with van der Waals surface area (Å²) in [6.45, 7) is 8.09. The molecule has 0 fully saturated rings. The maximum absolute atomic E-state index is 13.9. The van der Waals surface area contributed by atoms with Crippen LogP contribution in [0, 0.1) is 0 Å². The number of rotatable bonds is 9. The second kappa shape index (κ2) is 13.4. The van der Waals surface area contributed by atoms with Gasteiger partial charge in [0.2, 0.25) is 0 Å². The summed E-state index contributed by atoms with van der Waals surface area (Å²) < 4.78 is 21.1. The van der Waals surface area contributed by atoms with E-state index in [2.05, 4.69) is 36.9 Å². The highest BCUT2D eigenvalue weighted by Gasteiger charge is 2.33. The van der Waals surface area contributed by atoms with Crippen LogP contribution in [0.3, 0.4) is 0 Å². The van der Waals surface area contributed by atoms with Gasteiger partial charge in [0.25, 0.3) is 5.56 Å². The van der Waals surface area contributed by atoms with E-state index in [4.69, 9.17) is 14.2 Å². The van der Waals surface area contributed by atoms with Gasteiger partial charge in [-0.1, -0.05) is 57.6 Å². The summed E-state index contributed by atoms with van der Waals surface area (Å²) in [4.78, 5) is 32.2. The lowest BCUT2D eigenvalue weighted by Gasteiger charge is -2.25. The van der Waals surface area contributed by atoms with E-state index in [1.165, 1.54) is 11.3 Å². The number of ether oxygens (including phenoxy) is 3. The van der Waals surface area contributed by atoms with Crippen LogP contribution in [0.15, 0.2) is 96.7 Å². The molecule has 0 saturated carbocycles. The van der Waals surface area contributed by atoms with E-state index in [1.807, 2.05) is 86.7 Å². The Morgan fingerprint density at radius 2 is 1.79 bits per heavy atom. The maximum Gasteiger partial charge on any atom is 0.338 e. The molecule has 0 saturated heterocycles. The first-order valence-corrected chi connectivity index (χ1v) is 16.2. The molecular weight excluding hydrogens is 696 g/mol. The molecule has 43 heavy (non-hydrogen) atoms. The van der Waals surface area contributed by atoms with E-state index >= 15 is 0 Å². The maximum atomic E-state index is 13.9. The summed E-state index contributed by atoms with van der Waals surface area (Å²) in [6, 6.07) is 20.4. The van der Waals surface area contributed by atoms with Crippen molar-refractivity contribution in [2.75, 3.05) is 6.61 Å². The Morgan fingerprint density at radius 1 is 1.07 bits per heavy atom. The van der Waals surface area contributed by atoms with Gasteiger partial charge >= 0.3 is 5.97 Å². The zero-order chi connectivity index (χ0) is 30.7. The number of halogens is 2. The third kappa shape index (κ3) is 7.03. The largest absolute Gasteiger partial charge is 0.491 e. The van der Waals surface area contributed by atoms with Crippen molar-refractivity contribution in [2.45, 2.75) is 46.4 Å². The van der Waals surface area contributed by atoms with Gasteiger partial charge in [-0.25, -0.2) is 9.79 Å². The molecule has 1 aliphatic rings. The van der Waals surface area contributed by atoms with Crippen molar-refractivity contribution in [3.63, 3.8) is 0 Å². The number of hydrogen-bond donors (Lipinski definition) is 0. The summed E-state index contributed by atoms with van der Waals surface area (Å²) in [5.41, 5.74) is 3.26. The Labute approximate surface area is 270 Å². The standard InChI is InChI=1S/C33H30Br2N2O5S/c1-5-40-32(39)29-20(4)36-33-37(30(29)23-9-13-25(14-10-23)42-19(2)3)31(38)28(43-33)17-22-8-15-27(26(35)16-22)41-18-21-6-11-24(34)12-7-21/h6-17,19,30H,5,18H2,1-4H3/b28-17-/t30-/m1/s1. The van der Waals surface area contributed by atoms with E-state index in [1.54, 1.807) is 18.4 Å². The average Bonchev–Trinajstić information content (AvgIpc) is 3.27. The lowest BCUT2D eigenvalue weighted by molar-refractivity contribution is -0.139. The first-order chi connectivity index (χ1) is 20.6. The molecule has 0 aliphatic carbocycles. The van der Waals surface area contributed by atoms with Crippen LogP contribution in [-0.2, 0) is 16.1 Å². The fraction of sp³-hybridized carbons (Fsp3) is 0.242. The predicted molar refractivity (Wildman–Crippen MR) is 175 cm³/mol. The molecule has 4 aromatic rings. The van der Waals surface area contributed by atoms with Crippen molar-refractivity contribution in [3.8, 4) is 11.5 Å². The Hall–Kier alpha value is -3.47. The Bertz CT molecular complexity index is 1860. The molecule has 5 rings (SSSR count). The van der Waals surface area contributed by atoms with Gasteiger partial charge in [-0.15, -0.1) is 0 Å². The molecule has 2 heterocycles. The van der Waals surface area contributed by atoms with Gasteiger partial charge in [-0.2, -0.15) is 0 Å². The number of aromatic nitrogens is 1. The fourth-order valence-corrected chi connectivity index (χ4v) is 6.55. The normalized spacial score (nSPS) is 14.9. The molecule has 0 spiro atoms. The summed E-state index contributed by atoms with van der Waals surface area (Å²) >= 11 is 8.34. The van der Waals surface area contributed by atoms with Crippen molar-refractivity contribution in [3.05, 3.63) is 123 Å². The van der Waals surface area contributed by atoms with Gasteiger partial charge in [0.05, 0.1) is 39.0 Å². The molecule has 7 nitrogen and oxygen atoms in total. The van der Waals surface area contributed by atoms with E-state index in [0.29, 0.717) is 38.7 Å². The summed E-state index contributed by atoms with van der Waals surface area (Å²) in [5, 5.41) is 0. The number of hydrogen-bond acceptors (Lipinski definition) is 7. The van der Waals surface area contributed by atoms with Crippen LogP contribution in [0.25, 0.3) is 6.08 Å². The number of carbonyl (C=O) groups is 1. The zero-order valence-electron chi connectivity index (χ0n) is 24.1. The van der Waals surface area contributed by atoms with Crippen LogP contribution in [0.2, 0.25) is 0 Å². The predicted octanol–water partition coefficient (Wildman–Crippen LogP) is 6.69. The average molecular weight is 726 g/mol. The quantitative estimate of drug-likeness (QED) is 0.180. The van der Waals surface area contributed by atoms with Crippen molar-refractivity contribution >= 4 is 55.2 Å². The first kappa shape index (κ1) is 31.0. The minimum Gasteiger partial charge on any atom is -0.491 e. The number of nitrogens with zero attached hydrogens (tertiary/aromatic N) is 2. The van der Waals surface area contributed by atoms with Crippen LogP contribution < -0.4 is 24.4 Å². The molecule has 0 N–H and O–H groups in total. The number of allylic oxidation sites excluding steroid dienone is 1. The van der Waals surface area contributed by atoms with Crippen molar-refractivity contribution in [2.24, 2.45) is 4.99 Å². The van der Waals surface area contributed by atoms with Crippen molar-refractivity contribution in [1.82, 2.24) is 4.57 Å². The smallest absolute Gasteiger partial charge is 0.338 e. The Morgan fingerprint density at radius 3 is 2.44 bits per heavy atom. The third-order valence-electron chi connectivity index (χ3n) is 6.65. The minimum atomic E-state index is -0.688. The lowest BCUT2D eigenvalue weighted by Crippen LogP contribution is -2.39. The lowest BCUT2D eigenvalue weighted by atomic mass is 9.96. The number of thiazole rings is 1. The van der Waals surface area contributed by atoms with Gasteiger partial charge in [0, 0.05) is 4.47 Å². The zero-order valence-corrected chi connectivity index (χ0v) is 28.1. The second-order valence-corrected chi connectivity index (χ2v) is 12.9. The number of esters is 1. The van der Waals surface area contributed by atoms with Crippen LogP contribution in [0.1, 0.15) is 50.4 Å². The Kier molecular flexibility index (Phi) is 9.68. The van der Waals surface area contributed by atoms with Crippen molar-refractivity contribution < 1.29 is 19.0 Å². The van der Waals surface area contributed by atoms with Crippen LogP contribution >= 0.6 is 43.2 Å². The van der Waals surface area contributed by atoms with Gasteiger partial charge in [0.15, 0.2) is 4.80 Å².